The number of aromatic nitrogens is 2. The fourth-order valence-electron chi connectivity index (χ4n) is 2.97. The van der Waals surface area contributed by atoms with Crippen LogP contribution >= 0.6 is 11.8 Å². The Hall–Kier alpha value is -2.39. The highest BCUT2D eigenvalue weighted by Crippen LogP contribution is 2.30. The first kappa shape index (κ1) is 18.9. The molecule has 0 aromatic carbocycles. The van der Waals surface area contributed by atoms with Gasteiger partial charge < -0.3 is 4.98 Å². The van der Waals surface area contributed by atoms with E-state index in [2.05, 4.69) is 16.0 Å². The fraction of sp³-hybridized carbons (Fsp3) is 0.368. The number of H-pyrrole nitrogens is 1. The van der Waals surface area contributed by atoms with Crippen LogP contribution < -0.4 is 0 Å². The third kappa shape index (κ3) is 3.67. The SMILES string of the molecule is CC(=O)c1c(C)[nH]c(C(=O)[C@H](C)Sc2nc(C)cc(C)c2C#N)c1C. The van der Waals surface area contributed by atoms with Gasteiger partial charge in [-0.1, -0.05) is 11.8 Å². The average Bonchev–Trinajstić information content (AvgIpc) is 2.80. The van der Waals surface area contributed by atoms with E-state index in [1.807, 2.05) is 19.9 Å². The number of hydrogen-bond donors (Lipinski definition) is 1. The summed E-state index contributed by atoms with van der Waals surface area (Å²) in [5.41, 5.74) is 4.56. The Morgan fingerprint density at radius 2 is 1.92 bits per heavy atom. The molecule has 0 aliphatic carbocycles. The minimum absolute atomic E-state index is 0.0617. The van der Waals surface area contributed by atoms with Crippen LogP contribution in [0.1, 0.15) is 62.8 Å². The van der Waals surface area contributed by atoms with E-state index in [0.29, 0.717) is 33.1 Å². The molecule has 1 N–H and O–H groups in total. The molecule has 0 spiro atoms. The van der Waals surface area contributed by atoms with Crippen molar-refractivity contribution in [1.29, 1.82) is 5.26 Å². The van der Waals surface area contributed by atoms with Crippen molar-refractivity contribution in [3.63, 3.8) is 0 Å². The zero-order valence-corrected chi connectivity index (χ0v) is 16.1. The van der Waals surface area contributed by atoms with Crippen molar-refractivity contribution in [3.8, 4) is 6.07 Å². The van der Waals surface area contributed by atoms with Gasteiger partial charge in [-0.2, -0.15) is 5.26 Å². The van der Waals surface area contributed by atoms with E-state index in [1.165, 1.54) is 18.7 Å². The standard InChI is InChI=1S/C19H21N3O2S/c1-9-7-10(2)21-19(15(9)8-20)25-14(6)18(24)17-11(3)16(13(5)23)12(4)22-17/h7,14,22H,1-6H3/t14-/m0/s1. The number of carbonyl (C=O) groups is 2. The van der Waals surface area contributed by atoms with Crippen molar-refractivity contribution in [1.82, 2.24) is 9.97 Å². The first-order chi connectivity index (χ1) is 11.7. The number of ketones is 2. The number of rotatable bonds is 5. The van der Waals surface area contributed by atoms with Crippen molar-refractivity contribution in [2.24, 2.45) is 0 Å². The molecule has 2 heterocycles. The molecule has 0 aliphatic rings. The average molecular weight is 355 g/mol. The van der Waals surface area contributed by atoms with Crippen LogP contribution in [0.3, 0.4) is 0 Å². The van der Waals surface area contributed by atoms with Crippen LogP contribution in [0.15, 0.2) is 11.1 Å². The summed E-state index contributed by atoms with van der Waals surface area (Å²) < 4.78 is 0. The Bertz CT molecular complexity index is 906. The van der Waals surface area contributed by atoms with E-state index in [9.17, 15) is 14.9 Å². The largest absolute Gasteiger partial charge is 0.355 e. The first-order valence-electron chi connectivity index (χ1n) is 7.96. The molecule has 0 saturated heterocycles. The highest BCUT2D eigenvalue weighted by molar-refractivity contribution is 8.00. The Labute approximate surface area is 151 Å². The maximum atomic E-state index is 12.9. The number of pyridine rings is 1. The van der Waals surface area contributed by atoms with Gasteiger partial charge in [-0.3, -0.25) is 9.59 Å². The highest BCUT2D eigenvalue weighted by Gasteiger charge is 2.25. The summed E-state index contributed by atoms with van der Waals surface area (Å²) in [7, 11) is 0. The van der Waals surface area contributed by atoms with E-state index < -0.39 is 5.25 Å². The molecule has 5 nitrogen and oxygen atoms in total. The third-order valence-corrected chi connectivity index (χ3v) is 5.20. The van der Waals surface area contributed by atoms with Crippen LogP contribution in [0.2, 0.25) is 0 Å². The summed E-state index contributed by atoms with van der Waals surface area (Å²) in [6, 6.07) is 4.02. The Kier molecular flexibility index (Phi) is 5.48. The normalized spacial score (nSPS) is 11.9. The maximum absolute atomic E-state index is 12.9. The second kappa shape index (κ2) is 7.24. The molecule has 2 rings (SSSR count). The summed E-state index contributed by atoms with van der Waals surface area (Å²) in [6.07, 6.45) is 0. The van der Waals surface area contributed by atoms with E-state index in [-0.39, 0.29) is 11.6 Å². The van der Waals surface area contributed by atoms with Crippen molar-refractivity contribution in [2.75, 3.05) is 0 Å². The molecule has 0 bridgehead atoms. The van der Waals surface area contributed by atoms with Gasteiger partial charge in [0, 0.05) is 17.0 Å². The molecule has 1 atom stereocenters. The van der Waals surface area contributed by atoms with Crippen LogP contribution in [0.4, 0.5) is 0 Å². The predicted octanol–water partition coefficient (Wildman–Crippen LogP) is 4.08. The minimum atomic E-state index is -0.433. The van der Waals surface area contributed by atoms with Crippen molar-refractivity contribution in [2.45, 2.75) is 51.8 Å². The van der Waals surface area contributed by atoms with Gasteiger partial charge in [-0.05, 0) is 58.7 Å². The van der Waals surface area contributed by atoms with E-state index >= 15 is 0 Å². The highest BCUT2D eigenvalue weighted by atomic mass is 32.2. The number of thioether (sulfide) groups is 1. The molecule has 0 saturated carbocycles. The molecule has 0 unspecified atom stereocenters. The monoisotopic (exact) mass is 355 g/mol. The maximum Gasteiger partial charge on any atom is 0.192 e. The van der Waals surface area contributed by atoms with Crippen molar-refractivity contribution in [3.05, 3.63) is 45.4 Å². The smallest absolute Gasteiger partial charge is 0.192 e. The van der Waals surface area contributed by atoms with Crippen LogP contribution in [0, 0.1) is 39.0 Å². The van der Waals surface area contributed by atoms with Gasteiger partial charge in [0.05, 0.1) is 16.5 Å². The van der Waals surface area contributed by atoms with Crippen LogP contribution in [0.25, 0.3) is 0 Å². The van der Waals surface area contributed by atoms with E-state index in [0.717, 1.165) is 11.3 Å². The number of aromatic amines is 1. The van der Waals surface area contributed by atoms with Crippen molar-refractivity contribution >= 4 is 23.3 Å². The zero-order chi connectivity index (χ0) is 18.9. The second-order valence-corrected chi connectivity index (χ2v) is 7.51. The molecule has 0 amide bonds. The molecule has 0 aliphatic heterocycles. The number of Topliss-reactive ketones (excluding diaryl/α,β-unsaturated/α-hetero) is 2. The van der Waals surface area contributed by atoms with Gasteiger partial charge in [-0.15, -0.1) is 0 Å². The fourth-order valence-corrected chi connectivity index (χ4v) is 4.05. The predicted molar refractivity (Wildman–Crippen MR) is 98.3 cm³/mol. The number of nitriles is 1. The summed E-state index contributed by atoms with van der Waals surface area (Å²) in [5.74, 6) is -0.170. The lowest BCUT2D eigenvalue weighted by Crippen LogP contribution is -2.16. The van der Waals surface area contributed by atoms with Crippen molar-refractivity contribution < 1.29 is 9.59 Å². The van der Waals surface area contributed by atoms with Gasteiger partial charge in [-0.25, -0.2) is 4.98 Å². The van der Waals surface area contributed by atoms with Crippen LogP contribution in [-0.2, 0) is 0 Å². The van der Waals surface area contributed by atoms with Gasteiger partial charge in [0.1, 0.15) is 11.1 Å². The lowest BCUT2D eigenvalue weighted by molar-refractivity contribution is 0.0988. The lowest BCUT2D eigenvalue weighted by atomic mass is 10.0. The lowest BCUT2D eigenvalue weighted by Gasteiger charge is -2.12. The molecule has 2 aromatic heterocycles. The molecule has 130 valence electrons. The number of nitrogens with zero attached hydrogens (tertiary/aromatic N) is 2. The molecule has 25 heavy (non-hydrogen) atoms. The quantitative estimate of drug-likeness (QED) is 0.645. The molecular formula is C19H21N3O2S. The molecule has 6 heteroatoms. The third-order valence-electron chi connectivity index (χ3n) is 4.12. The van der Waals surface area contributed by atoms with Crippen LogP contribution in [-0.4, -0.2) is 26.8 Å². The Balaban J connectivity index is 2.36. The summed E-state index contributed by atoms with van der Waals surface area (Å²) >= 11 is 1.27. The number of nitrogens with one attached hydrogen (secondary N) is 1. The minimum Gasteiger partial charge on any atom is -0.355 e. The summed E-state index contributed by atoms with van der Waals surface area (Å²) in [6.45, 7) is 10.6. The Morgan fingerprint density at radius 3 is 2.44 bits per heavy atom. The van der Waals surface area contributed by atoms with E-state index in [4.69, 9.17) is 0 Å². The molecule has 0 radical (unpaired) electrons. The topological polar surface area (TPSA) is 86.6 Å². The van der Waals surface area contributed by atoms with Crippen LogP contribution in [0.5, 0.6) is 0 Å². The van der Waals surface area contributed by atoms with E-state index in [1.54, 1.807) is 20.8 Å². The zero-order valence-electron chi connectivity index (χ0n) is 15.3. The first-order valence-corrected chi connectivity index (χ1v) is 8.84. The molecule has 2 aromatic rings. The number of carbonyl (C=O) groups excluding carboxylic acids is 2. The Morgan fingerprint density at radius 1 is 1.28 bits per heavy atom. The second-order valence-electron chi connectivity index (χ2n) is 6.18. The van der Waals surface area contributed by atoms with Gasteiger partial charge in [0.25, 0.3) is 0 Å². The van der Waals surface area contributed by atoms with Gasteiger partial charge in [0.15, 0.2) is 11.6 Å². The molecular weight excluding hydrogens is 334 g/mol. The van der Waals surface area contributed by atoms with Gasteiger partial charge in [0.2, 0.25) is 0 Å². The van der Waals surface area contributed by atoms with Gasteiger partial charge >= 0.3 is 0 Å². The number of hydrogen-bond acceptors (Lipinski definition) is 5. The summed E-state index contributed by atoms with van der Waals surface area (Å²) in [5, 5.41) is 9.50. The molecule has 0 fully saturated rings. The number of aryl methyl sites for hydroxylation is 3. The summed E-state index contributed by atoms with van der Waals surface area (Å²) in [4.78, 5) is 32.1.